The van der Waals surface area contributed by atoms with Crippen molar-refractivity contribution in [3.8, 4) is 0 Å². The first-order valence-corrected chi connectivity index (χ1v) is 13.4. The second-order valence-corrected chi connectivity index (χ2v) is 10.7. The van der Waals surface area contributed by atoms with Crippen LogP contribution in [0.5, 0.6) is 0 Å². The maximum Gasteiger partial charge on any atom is 0.133 e. The van der Waals surface area contributed by atoms with Gasteiger partial charge in [0.15, 0.2) is 0 Å². The van der Waals surface area contributed by atoms with Crippen LogP contribution in [0.2, 0.25) is 0 Å². The molecule has 0 saturated carbocycles. The lowest BCUT2D eigenvalue weighted by Gasteiger charge is -2.27. The molecule has 1 aliphatic carbocycles. The van der Waals surface area contributed by atoms with Gasteiger partial charge in [0.1, 0.15) is 13.0 Å². The Morgan fingerprint density at radius 1 is 0.808 bits per heavy atom. The predicted octanol–water partition coefficient (Wildman–Crippen LogP) is 8.70. The second-order valence-electron chi connectivity index (χ2n) is 7.70. The molecule has 0 N–H and O–H groups in total. The average molecular weight is 382 g/mol. The Kier molecular flexibility index (Phi) is 14.1. The maximum absolute atomic E-state index is 6.71. The SMILES string of the molecule is CCCCCCN=P(CCCCCC)(CCCCCC)OC1=CC=CC1. The molecule has 0 spiro atoms. The third-order valence-corrected chi connectivity index (χ3v) is 8.44. The molecular formula is C23H44NOP. The van der Waals surface area contributed by atoms with Crippen LogP contribution in [0.15, 0.2) is 28.7 Å². The predicted molar refractivity (Wildman–Crippen MR) is 119 cm³/mol. The van der Waals surface area contributed by atoms with Crippen molar-refractivity contribution < 1.29 is 4.52 Å². The van der Waals surface area contributed by atoms with E-state index >= 15 is 0 Å². The van der Waals surface area contributed by atoms with Gasteiger partial charge in [-0.05, 0) is 25.3 Å². The fourth-order valence-electron chi connectivity index (χ4n) is 3.45. The van der Waals surface area contributed by atoms with Crippen molar-refractivity contribution in [2.45, 2.75) is 104 Å². The molecule has 1 rings (SSSR count). The van der Waals surface area contributed by atoms with Gasteiger partial charge in [-0.2, -0.15) is 0 Å². The standard InChI is InChI=1S/C23H44NOP/c1-4-7-10-15-20-24-26(21-16-11-8-5-2,22-17-12-9-6-3)25-23-18-13-14-19-23/h13-14,18H,4-12,15-17,19-22H2,1-3H3. The Morgan fingerprint density at radius 3 is 1.88 bits per heavy atom. The summed E-state index contributed by atoms with van der Waals surface area (Å²) in [6, 6.07) is 0. The van der Waals surface area contributed by atoms with E-state index in [9.17, 15) is 0 Å². The van der Waals surface area contributed by atoms with Gasteiger partial charge in [0.2, 0.25) is 0 Å². The van der Waals surface area contributed by atoms with E-state index in [1.165, 1.54) is 95.1 Å². The summed E-state index contributed by atoms with van der Waals surface area (Å²) in [6.07, 6.45) is 25.6. The van der Waals surface area contributed by atoms with Gasteiger partial charge in [0, 0.05) is 25.3 Å². The monoisotopic (exact) mass is 381 g/mol. The number of unbranched alkanes of at least 4 members (excludes halogenated alkanes) is 9. The summed E-state index contributed by atoms with van der Waals surface area (Å²) >= 11 is 0. The van der Waals surface area contributed by atoms with Gasteiger partial charge in [-0.1, -0.05) is 90.7 Å². The Bertz CT molecular complexity index is 437. The summed E-state index contributed by atoms with van der Waals surface area (Å²) in [4.78, 5) is 0. The highest BCUT2D eigenvalue weighted by atomic mass is 31.2. The van der Waals surface area contributed by atoms with Crippen LogP contribution in [0.1, 0.15) is 104 Å². The Hall–Kier alpha value is -0.490. The molecule has 0 aromatic heterocycles. The molecule has 0 unspecified atom stereocenters. The first kappa shape index (κ1) is 23.5. The van der Waals surface area contributed by atoms with Crippen LogP contribution < -0.4 is 0 Å². The molecular weight excluding hydrogens is 337 g/mol. The largest absolute Gasteiger partial charge is 0.464 e. The lowest BCUT2D eigenvalue weighted by molar-refractivity contribution is 0.447. The molecule has 0 aromatic carbocycles. The summed E-state index contributed by atoms with van der Waals surface area (Å²) < 4.78 is 12.0. The minimum atomic E-state index is -1.66. The van der Waals surface area contributed by atoms with Gasteiger partial charge in [0.25, 0.3) is 0 Å². The highest BCUT2D eigenvalue weighted by Crippen LogP contribution is 2.55. The molecule has 0 fully saturated rings. The van der Waals surface area contributed by atoms with Crippen molar-refractivity contribution in [3.63, 3.8) is 0 Å². The lowest BCUT2D eigenvalue weighted by atomic mass is 10.2. The molecule has 3 heteroatoms. The van der Waals surface area contributed by atoms with Crippen LogP contribution in [-0.2, 0) is 4.52 Å². The molecule has 1 aliphatic rings. The summed E-state index contributed by atoms with van der Waals surface area (Å²) in [5.74, 6) is 1.17. The van der Waals surface area contributed by atoms with Gasteiger partial charge in [-0.15, -0.1) is 0 Å². The first-order valence-electron chi connectivity index (χ1n) is 11.4. The highest BCUT2D eigenvalue weighted by Gasteiger charge is 2.22. The Balaban J connectivity index is 2.75. The normalized spacial score (nSPS) is 13.9. The zero-order valence-electron chi connectivity index (χ0n) is 17.8. The highest BCUT2D eigenvalue weighted by molar-refractivity contribution is 7.61. The molecule has 26 heavy (non-hydrogen) atoms. The molecule has 0 aliphatic heterocycles. The number of rotatable bonds is 17. The Morgan fingerprint density at radius 2 is 1.38 bits per heavy atom. The van der Waals surface area contributed by atoms with Crippen molar-refractivity contribution >= 4 is 7.28 Å². The van der Waals surface area contributed by atoms with E-state index in [1.54, 1.807) is 0 Å². The zero-order chi connectivity index (χ0) is 18.9. The molecule has 0 heterocycles. The van der Waals surface area contributed by atoms with Crippen LogP contribution in [-0.4, -0.2) is 18.9 Å². The molecule has 152 valence electrons. The fourth-order valence-corrected chi connectivity index (χ4v) is 6.71. The van der Waals surface area contributed by atoms with E-state index in [-0.39, 0.29) is 0 Å². The fraction of sp³-hybridized carbons (Fsp3) is 0.826. The van der Waals surface area contributed by atoms with Crippen molar-refractivity contribution in [3.05, 3.63) is 24.0 Å². The summed E-state index contributed by atoms with van der Waals surface area (Å²) in [5, 5.41) is 0. The van der Waals surface area contributed by atoms with Gasteiger partial charge in [-0.25, -0.2) is 0 Å². The quantitative estimate of drug-likeness (QED) is 0.182. The molecule has 0 aromatic rings. The van der Waals surface area contributed by atoms with Crippen molar-refractivity contribution in [1.29, 1.82) is 0 Å². The van der Waals surface area contributed by atoms with E-state index in [1.807, 2.05) is 0 Å². The van der Waals surface area contributed by atoms with E-state index < -0.39 is 7.28 Å². The smallest absolute Gasteiger partial charge is 0.133 e. The lowest BCUT2D eigenvalue weighted by Crippen LogP contribution is -2.03. The Labute approximate surface area is 164 Å². The van der Waals surface area contributed by atoms with Crippen molar-refractivity contribution in [2.24, 2.45) is 4.74 Å². The van der Waals surface area contributed by atoms with Crippen molar-refractivity contribution in [1.82, 2.24) is 0 Å². The number of hydrogen-bond donors (Lipinski definition) is 0. The summed E-state index contributed by atoms with van der Waals surface area (Å²) in [5.41, 5.74) is 0. The minimum Gasteiger partial charge on any atom is -0.464 e. The third-order valence-electron chi connectivity index (χ3n) is 5.12. The van der Waals surface area contributed by atoms with Gasteiger partial charge in [0.05, 0.1) is 0 Å². The van der Waals surface area contributed by atoms with E-state index in [0.717, 1.165) is 13.0 Å². The van der Waals surface area contributed by atoms with Crippen molar-refractivity contribution in [2.75, 3.05) is 18.9 Å². The minimum absolute atomic E-state index is 0.969. The van der Waals surface area contributed by atoms with Gasteiger partial charge < -0.3 is 4.52 Å². The zero-order valence-corrected chi connectivity index (χ0v) is 18.7. The van der Waals surface area contributed by atoms with Crippen LogP contribution in [0.25, 0.3) is 0 Å². The number of hydrogen-bond acceptors (Lipinski definition) is 2. The maximum atomic E-state index is 6.71. The van der Waals surface area contributed by atoms with Crippen LogP contribution in [0.3, 0.4) is 0 Å². The topological polar surface area (TPSA) is 21.6 Å². The molecule has 0 amide bonds. The third kappa shape index (κ3) is 10.6. The van der Waals surface area contributed by atoms with Crippen LogP contribution >= 0.6 is 7.28 Å². The first-order chi connectivity index (χ1) is 12.8. The molecule has 2 nitrogen and oxygen atoms in total. The molecule has 0 atom stereocenters. The van der Waals surface area contributed by atoms with E-state index in [4.69, 9.17) is 9.27 Å². The second kappa shape index (κ2) is 15.6. The average Bonchev–Trinajstić information content (AvgIpc) is 3.15. The molecule has 0 saturated heterocycles. The van der Waals surface area contributed by atoms with Crippen LogP contribution in [0.4, 0.5) is 0 Å². The number of allylic oxidation sites excluding steroid dienone is 3. The van der Waals surface area contributed by atoms with E-state index in [0.29, 0.717) is 0 Å². The molecule has 0 bridgehead atoms. The van der Waals surface area contributed by atoms with E-state index in [2.05, 4.69) is 39.0 Å². The summed E-state index contributed by atoms with van der Waals surface area (Å²) in [7, 11) is -1.66. The van der Waals surface area contributed by atoms with Crippen LogP contribution in [0, 0.1) is 0 Å². The van der Waals surface area contributed by atoms with Gasteiger partial charge in [-0.3, -0.25) is 4.74 Å². The van der Waals surface area contributed by atoms with Gasteiger partial charge >= 0.3 is 0 Å². The number of nitrogens with zero attached hydrogens (tertiary/aromatic N) is 1. The summed E-state index contributed by atoms with van der Waals surface area (Å²) in [6.45, 7) is 7.86. The molecule has 0 radical (unpaired) electrons.